The van der Waals surface area contributed by atoms with Crippen molar-refractivity contribution in [3.8, 4) is 0 Å². The summed E-state index contributed by atoms with van der Waals surface area (Å²) in [6.07, 6.45) is 0. The Morgan fingerprint density at radius 1 is 0.571 bits per heavy atom. The van der Waals surface area contributed by atoms with E-state index in [1.54, 1.807) is 0 Å². The summed E-state index contributed by atoms with van der Waals surface area (Å²) >= 11 is 0. The maximum Gasteiger partial charge on any atom is 0.0675 e. The van der Waals surface area contributed by atoms with Crippen LogP contribution in [0.2, 0.25) is 0 Å². The molecule has 0 spiro atoms. The SMILES string of the molecule is C[N+](C)(C)C.C[N+](C)(C)C.O=S(=O)([O-])[O-].c1ccccc1. The van der Waals surface area contributed by atoms with Crippen molar-refractivity contribution in [3.05, 3.63) is 36.4 Å². The Labute approximate surface area is 130 Å². The molecule has 126 valence electrons. The van der Waals surface area contributed by atoms with Crippen molar-refractivity contribution in [3.63, 3.8) is 0 Å². The fraction of sp³-hybridized carbons (Fsp3) is 0.571. The lowest BCUT2D eigenvalue weighted by molar-refractivity contribution is -0.849. The average Bonchev–Trinajstić information content (AvgIpc) is 2.12. The van der Waals surface area contributed by atoms with Crippen LogP contribution in [0.25, 0.3) is 0 Å². The van der Waals surface area contributed by atoms with Crippen molar-refractivity contribution in [2.24, 2.45) is 0 Å². The normalized spacial score (nSPS) is 10.8. The van der Waals surface area contributed by atoms with Crippen molar-refractivity contribution in [2.75, 3.05) is 56.4 Å². The summed E-state index contributed by atoms with van der Waals surface area (Å²) < 4.78 is 36.1. The summed E-state index contributed by atoms with van der Waals surface area (Å²) in [5, 5.41) is 0. The van der Waals surface area contributed by atoms with E-state index in [4.69, 9.17) is 17.5 Å². The van der Waals surface area contributed by atoms with Gasteiger partial charge in [-0.05, 0) is 0 Å². The molecule has 0 heterocycles. The number of nitrogens with zero attached hydrogens (tertiary/aromatic N) is 2. The Hall–Kier alpha value is -0.990. The molecule has 0 amide bonds. The summed E-state index contributed by atoms with van der Waals surface area (Å²) in [5.41, 5.74) is 0. The fourth-order valence-electron chi connectivity index (χ4n) is 0.385. The highest BCUT2D eigenvalue weighted by molar-refractivity contribution is 7.79. The van der Waals surface area contributed by atoms with Crippen LogP contribution in [0.3, 0.4) is 0 Å². The summed E-state index contributed by atoms with van der Waals surface area (Å²) in [5.74, 6) is 0. The van der Waals surface area contributed by atoms with E-state index in [1.807, 2.05) is 36.4 Å². The molecule has 0 saturated carbocycles. The maximum atomic E-state index is 8.52. The van der Waals surface area contributed by atoms with Crippen LogP contribution < -0.4 is 0 Å². The number of hydrogen-bond donors (Lipinski definition) is 0. The third kappa shape index (κ3) is 219. The van der Waals surface area contributed by atoms with Gasteiger partial charge in [0.15, 0.2) is 0 Å². The molecular weight excluding hydrogens is 292 g/mol. The van der Waals surface area contributed by atoms with Gasteiger partial charge in [0.25, 0.3) is 0 Å². The molecule has 7 heteroatoms. The van der Waals surface area contributed by atoms with Gasteiger partial charge in [-0.1, -0.05) is 36.4 Å². The van der Waals surface area contributed by atoms with E-state index in [0.717, 1.165) is 8.97 Å². The Morgan fingerprint density at radius 2 is 0.619 bits per heavy atom. The molecule has 0 atom stereocenters. The lowest BCUT2D eigenvalue weighted by atomic mass is 10.4. The monoisotopic (exact) mass is 322 g/mol. The third-order valence-electron chi connectivity index (χ3n) is 0.667. The van der Waals surface area contributed by atoms with Gasteiger partial charge in [-0.15, -0.1) is 0 Å². The zero-order valence-electron chi connectivity index (χ0n) is 14.4. The molecular formula is C14H30N2O4S. The molecule has 1 rings (SSSR count). The van der Waals surface area contributed by atoms with Crippen LogP contribution in [0.4, 0.5) is 0 Å². The Morgan fingerprint density at radius 3 is 0.667 bits per heavy atom. The van der Waals surface area contributed by atoms with Crippen LogP contribution in [-0.4, -0.2) is 82.9 Å². The molecule has 0 unspecified atom stereocenters. The molecule has 0 aliphatic carbocycles. The van der Waals surface area contributed by atoms with E-state index in [9.17, 15) is 0 Å². The van der Waals surface area contributed by atoms with Crippen LogP contribution in [0, 0.1) is 0 Å². The minimum absolute atomic E-state index is 1.00. The molecule has 21 heavy (non-hydrogen) atoms. The predicted octanol–water partition coefficient (Wildman–Crippen LogP) is 0.993. The Kier molecular flexibility index (Phi) is 13.9. The second kappa shape index (κ2) is 11.6. The topological polar surface area (TPSA) is 80.3 Å². The van der Waals surface area contributed by atoms with E-state index in [0.29, 0.717) is 0 Å². The number of rotatable bonds is 0. The summed E-state index contributed by atoms with van der Waals surface area (Å²) in [6, 6.07) is 12.0. The van der Waals surface area contributed by atoms with Gasteiger partial charge in [0.05, 0.1) is 56.4 Å². The summed E-state index contributed by atoms with van der Waals surface area (Å²) in [7, 11) is 11.8. The number of hydrogen-bond acceptors (Lipinski definition) is 4. The van der Waals surface area contributed by atoms with Crippen LogP contribution in [-0.2, 0) is 10.4 Å². The van der Waals surface area contributed by atoms with Gasteiger partial charge in [-0.3, -0.25) is 8.42 Å². The van der Waals surface area contributed by atoms with Crippen molar-refractivity contribution in [1.29, 1.82) is 0 Å². The molecule has 0 N–H and O–H groups in total. The first-order valence-corrected chi connectivity index (χ1v) is 7.58. The van der Waals surface area contributed by atoms with Gasteiger partial charge in [0.2, 0.25) is 0 Å². The minimum Gasteiger partial charge on any atom is -0.759 e. The van der Waals surface area contributed by atoms with E-state index in [1.165, 1.54) is 0 Å². The molecule has 0 saturated heterocycles. The molecule has 1 aromatic carbocycles. The van der Waals surface area contributed by atoms with Crippen molar-refractivity contribution in [2.45, 2.75) is 0 Å². The zero-order valence-corrected chi connectivity index (χ0v) is 15.2. The molecule has 6 nitrogen and oxygen atoms in total. The highest BCUT2D eigenvalue weighted by atomic mass is 32.3. The van der Waals surface area contributed by atoms with Crippen LogP contribution >= 0.6 is 0 Å². The largest absolute Gasteiger partial charge is 0.759 e. The average molecular weight is 322 g/mol. The maximum absolute atomic E-state index is 8.52. The number of quaternary nitrogens is 2. The first-order chi connectivity index (χ1) is 9.00. The van der Waals surface area contributed by atoms with Gasteiger partial charge in [0, 0.05) is 10.4 Å². The Bertz CT molecular complexity index is 362. The zero-order chi connectivity index (χ0) is 17.7. The summed E-state index contributed by atoms with van der Waals surface area (Å²) in [6.45, 7) is 0. The van der Waals surface area contributed by atoms with Crippen molar-refractivity contribution >= 4 is 10.4 Å². The molecule has 0 fully saturated rings. The van der Waals surface area contributed by atoms with E-state index in [2.05, 4.69) is 56.4 Å². The smallest absolute Gasteiger partial charge is 0.0675 e. The van der Waals surface area contributed by atoms with Crippen LogP contribution in [0.5, 0.6) is 0 Å². The third-order valence-corrected chi connectivity index (χ3v) is 0.667. The molecule has 0 radical (unpaired) electrons. The van der Waals surface area contributed by atoms with Gasteiger partial charge in [-0.2, -0.15) is 0 Å². The lowest BCUT2D eigenvalue weighted by Crippen LogP contribution is -2.27. The molecule has 0 aliphatic rings. The van der Waals surface area contributed by atoms with Crippen molar-refractivity contribution < 1.29 is 26.5 Å². The highest BCUT2D eigenvalue weighted by Crippen LogP contribution is 1.80. The lowest BCUT2D eigenvalue weighted by Gasteiger charge is -2.14. The number of benzene rings is 1. The van der Waals surface area contributed by atoms with Gasteiger partial charge in [-0.25, -0.2) is 0 Å². The van der Waals surface area contributed by atoms with Gasteiger partial charge >= 0.3 is 0 Å². The molecule has 0 aromatic heterocycles. The summed E-state index contributed by atoms with van der Waals surface area (Å²) in [4.78, 5) is 0. The standard InChI is InChI=1S/C6H6.2C4H12N.H2O4S/c1-2-4-6-5-3-1;3*1-5(2,3)4/h1-6H;2*1-4H3;(H2,1,2,3,4)/q;2*+1;/p-2. The Balaban J connectivity index is -0.000000207. The van der Waals surface area contributed by atoms with E-state index >= 15 is 0 Å². The van der Waals surface area contributed by atoms with Crippen LogP contribution in [0.15, 0.2) is 36.4 Å². The van der Waals surface area contributed by atoms with Crippen LogP contribution in [0.1, 0.15) is 0 Å². The predicted molar refractivity (Wildman–Crippen MR) is 84.8 cm³/mol. The molecule has 1 aromatic rings. The second-order valence-electron chi connectivity index (χ2n) is 6.93. The second-order valence-corrected chi connectivity index (χ2v) is 7.75. The van der Waals surface area contributed by atoms with E-state index in [-0.39, 0.29) is 0 Å². The fourth-order valence-corrected chi connectivity index (χ4v) is 0.385. The first-order valence-electron chi connectivity index (χ1n) is 6.24. The van der Waals surface area contributed by atoms with E-state index < -0.39 is 10.4 Å². The highest BCUT2D eigenvalue weighted by Gasteiger charge is 1.88. The quantitative estimate of drug-likeness (QED) is 0.405. The molecule has 0 bridgehead atoms. The molecule has 0 aliphatic heterocycles. The van der Waals surface area contributed by atoms with Gasteiger partial charge in [0.1, 0.15) is 0 Å². The van der Waals surface area contributed by atoms with Crippen molar-refractivity contribution in [1.82, 2.24) is 0 Å². The van der Waals surface area contributed by atoms with Gasteiger partial charge < -0.3 is 18.1 Å². The minimum atomic E-state index is -5.17. The first kappa shape index (κ1) is 25.0.